The molecule has 0 amide bonds. The van der Waals surface area contributed by atoms with Gasteiger partial charge < -0.3 is 10.6 Å². The van der Waals surface area contributed by atoms with E-state index in [4.69, 9.17) is 5.73 Å². The normalized spacial score (nSPS) is 20.4. The Labute approximate surface area is 85.7 Å². The molecule has 1 aliphatic rings. The molecule has 0 aromatic heterocycles. The van der Waals surface area contributed by atoms with Crippen molar-refractivity contribution in [2.45, 2.75) is 18.9 Å². The van der Waals surface area contributed by atoms with Crippen molar-refractivity contribution in [3.63, 3.8) is 0 Å². The fourth-order valence-electron chi connectivity index (χ4n) is 2.06. The highest BCUT2D eigenvalue weighted by molar-refractivity contribution is 5.22. The monoisotopic (exact) mass is 190 g/mol. The van der Waals surface area contributed by atoms with E-state index in [1.807, 2.05) is 0 Å². The fourth-order valence-corrected chi connectivity index (χ4v) is 2.06. The third-order valence-corrected chi connectivity index (χ3v) is 2.77. The Morgan fingerprint density at radius 1 is 1.36 bits per heavy atom. The number of rotatable bonds is 3. The first-order valence-electron chi connectivity index (χ1n) is 5.28. The number of benzene rings is 1. The quantitative estimate of drug-likeness (QED) is 0.781. The second-order valence-electron chi connectivity index (χ2n) is 4.30. The van der Waals surface area contributed by atoms with Gasteiger partial charge in [-0.25, -0.2) is 0 Å². The highest BCUT2D eigenvalue weighted by Crippen LogP contribution is 2.26. The molecular formula is C12H18N2. The predicted molar refractivity (Wildman–Crippen MR) is 59.3 cm³/mol. The molecule has 1 atom stereocenters. The van der Waals surface area contributed by atoms with Gasteiger partial charge in [0.05, 0.1) is 0 Å². The maximum absolute atomic E-state index is 5.75. The van der Waals surface area contributed by atoms with Crippen LogP contribution in [0.4, 0.5) is 0 Å². The molecule has 14 heavy (non-hydrogen) atoms. The van der Waals surface area contributed by atoms with E-state index in [-0.39, 0.29) is 0 Å². The molecule has 2 heteroatoms. The molecule has 0 radical (unpaired) electrons. The SMILES string of the molecule is C[C@@H](N)CN1CC(c2ccccc2)C1. The van der Waals surface area contributed by atoms with Crippen LogP contribution in [0.25, 0.3) is 0 Å². The van der Waals surface area contributed by atoms with Gasteiger partial charge >= 0.3 is 0 Å². The summed E-state index contributed by atoms with van der Waals surface area (Å²) in [7, 11) is 0. The Hall–Kier alpha value is -0.860. The second-order valence-corrected chi connectivity index (χ2v) is 4.30. The summed E-state index contributed by atoms with van der Waals surface area (Å²) >= 11 is 0. The molecule has 2 nitrogen and oxygen atoms in total. The minimum atomic E-state index is 0.298. The Morgan fingerprint density at radius 2 is 2.00 bits per heavy atom. The van der Waals surface area contributed by atoms with E-state index in [0.717, 1.165) is 12.5 Å². The van der Waals surface area contributed by atoms with Gasteiger partial charge in [0.25, 0.3) is 0 Å². The molecule has 1 fully saturated rings. The van der Waals surface area contributed by atoms with Crippen LogP contribution in [-0.4, -0.2) is 30.6 Å². The molecule has 76 valence electrons. The van der Waals surface area contributed by atoms with E-state index >= 15 is 0 Å². The number of hydrogen-bond acceptors (Lipinski definition) is 2. The number of nitrogens with two attached hydrogens (primary N) is 1. The average Bonchev–Trinajstić information content (AvgIpc) is 2.12. The largest absolute Gasteiger partial charge is 0.327 e. The van der Waals surface area contributed by atoms with Crippen molar-refractivity contribution in [3.05, 3.63) is 35.9 Å². The molecule has 0 aliphatic carbocycles. The zero-order chi connectivity index (χ0) is 9.97. The molecule has 0 spiro atoms. The third-order valence-electron chi connectivity index (χ3n) is 2.77. The average molecular weight is 190 g/mol. The lowest BCUT2D eigenvalue weighted by Crippen LogP contribution is -2.49. The lowest BCUT2D eigenvalue weighted by molar-refractivity contribution is 0.141. The van der Waals surface area contributed by atoms with Crippen molar-refractivity contribution in [2.24, 2.45) is 5.73 Å². The minimum absolute atomic E-state index is 0.298. The van der Waals surface area contributed by atoms with E-state index < -0.39 is 0 Å². The molecule has 2 rings (SSSR count). The zero-order valence-corrected chi connectivity index (χ0v) is 8.69. The zero-order valence-electron chi connectivity index (χ0n) is 8.69. The summed E-state index contributed by atoms with van der Waals surface area (Å²) in [5.41, 5.74) is 7.21. The third kappa shape index (κ3) is 2.14. The van der Waals surface area contributed by atoms with Crippen LogP contribution in [0.5, 0.6) is 0 Å². The standard InChI is InChI=1S/C12H18N2/c1-10(13)7-14-8-12(9-14)11-5-3-2-4-6-11/h2-6,10,12H,7-9,13H2,1H3/t10-/m1/s1. The van der Waals surface area contributed by atoms with Crippen LogP contribution in [0, 0.1) is 0 Å². The maximum atomic E-state index is 5.75. The summed E-state index contributed by atoms with van der Waals surface area (Å²) in [4.78, 5) is 2.42. The van der Waals surface area contributed by atoms with Crippen molar-refractivity contribution in [1.82, 2.24) is 4.90 Å². The topological polar surface area (TPSA) is 29.3 Å². The van der Waals surface area contributed by atoms with Gasteiger partial charge in [-0.2, -0.15) is 0 Å². The minimum Gasteiger partial charge on any atom is -0.327 e. The van der Waals surface area contributed by atoms with Gasteiger partial charge in [-0.1, -0.05) is 30.3 Å². The Balaban J connectivity index is 1.83. The van der Waals surface area contributed by atoms with Crippen LogP contribution in [0.1, 0.15) is 18.4 Å². The molecular weight excluding hydrogens is 172 g/mol. The molecule has 1 aliphatic heterocycles. The highest BCUT2D eigenvalue weighted by atomic mass is 15.2. The number of likely N-dealkylation sites (tertiary alicyclic amines) is 1. The summed E-state index contributed by atoms with van der Waals surface area (Å²) < 4.78 is 0. The smallest absolute Gasteiger partial charge is 0.0139 e. The molecule has 1 saturated heterocycles. The van der Waals surface area contributed by atoms with Crippen molar-refractivity contribution in [3.8, 4) is 0 Å². The van der Waals surface area contributed by atoms with Crippen LogP contribution in [0.15, 0.2) is 30.3 Å². The maximum Gasteiger partial charge on any atom is 0.0139 e. The second kappa shape index (κ2) is 4.11. The summed E-state index contributed by atoms with van der Waals surface area (Å²) in [5, 5.41) is 0. The van der Waals surface area contributed by atoms with E-state index in [9.17, 15) is 0 Å². The van der Waals surface area contributed by atoms with Crippen LogP contribution in [0.2, 0.25) is 0 Å². The first-order chi connectivity index (χ1) is 6.75. The van der Waals surface area contributed by atoms with E-state index in [1.165, 1.54) is 18.7 Å². The van der Waals surface area contributed by atoms with Gasteiger partial charge in [0.2, 0.25) is 0 Å². The molecule has 1 aromatic rings. The lowest BCUT2D eigenvalue weighted by Gasteiger charge is -2.40. The molecule has 2 N–H and O–H groups in total. The Morgan fingerprint density at radius 3 is 2.57 bits per heavy atom. The van der Waals surface area contributed by atoms with Gasteiger partial charge in [-0.15, -0.1) is 0 Å². The van der Waals surface area contributed by atoms with Crippen LogP contribution >= 0.6 is 0 Å². The van der Waals surface area contributed by atoms with Gasteiger partial charge in [0.15, 0.2) is 0 Å². The summed E-state index contributed by atoms with van der Waals surface area (Å²) in [6, 6.07) is 11.0. The predicted octanol–water partition coefficient (Wildman–Crippen LogP) is 1.43. The molecule has 0 bridgehead atoms. The van der Waals surface area contributed by atoms with Gasteiger partial charge in [0.1, 0.15) is 0 Å². The van der Waals surface area contributed by atoms with Crippen molar-refractivity contribution < 1.29 is 0 Å². The van der Waals surface area contributed by atoms with Gasteiger partial charge in [-0.05, 0) is 12.5 Å². The van der Waals surface area contributed by atoms with Gasteiger partial charge in [-0.3, -0.25) is 0 Å². The lowest BCUT2D eigenvalue weighted by atomic mass is 9.91. The Kier molecular flexibility index (Phi) is 2.85. The summed E-state index contributed by atoms with van der Waals surface area (Å²) in [6.45, 7) is 5.44. The highest BCUT2D eigenvalue weighted by Gasteiger charge is 2.27. The molecule has 1 heterocycles. The molecule has 0 unspecified atom stereocenters. The Bertz CT molecular complexity index is 276. The fraction of sp³-hybridized carbons (Fsp3) is 0.500. The van der Waals surface area contributed by atoms with Crippen molar-refractivity contribution in [1.29, 1.82) is 0 Å². The van der Waals surface area contributed by atoms with Crippen molar-refractivity contribution >= 4 is 0 Å². The number of nitrogens with zero attached hydrogens (tertiary/aromatic N) is 1. The van der Waals surface area contributed by atoms with Crippen LogP contribution < -0.4 is 5.73 Å². The summed E-state index contributed by atoms with van der Waals surface area (Å²) in [5.74, 6) is 0.731. The van der Waals surface area contributed by atoms with Crippen LogP contribution in [0.3, 0.4) is 0 Å². The summed E-state index contributed by atoms with van der Waals surface area (Å²) in [6.07, 6.45) is 0. The van der Waals surface area contributed by atoms with E-state index in [1.54, 1.807) is 0 Å². The molecule has 0 saturated carbocycles. The van der Waals surface area contributed by atoms with E-state index in [0.29, 0.717) is 6.04 Å². The van der Waals surface area contributed by atoms with Crippen molar-refractivity contribution in [2.75, 3.05) is 19.6 Å². The first-order valence-corrected chi connectivity index (χ1v) is 5.28. The molecule has 1 aromatic carbocycles. The van der Waals surface area contributed by atoms with E-state index in [2.05, 4.69) is 42.2 Å². The van der Waals surface area contributed by atoms with Crippen LogP contribution in [-0.2, 0) is 0 Å². The number of hydrogen-bond donors (Lipinski definition) is 1. The van der Waals surface area contributed by atoms with Gasteiger partial charge in [0, 0.05) is 31.6 Å². The first kappa shape index (κ1) is 9.69.